The molecule has 1 aromatic carbocycles. The maximum atomic E-state index is 13.2. The second kappa shape index (κ2) is 6.28. The number of alkyl halides is 1. The Hall–Kier alpha value is -0.940. The van der Waals surface area contributed by atoms with Crippen LogP contribution in [0.4, 0.5) is 0 Å². The predicted molar refractivity (Wildman–Crippen MR) is 114 cm³/mol. The van der Waals surface area contributed by atoms with Crippen molar-refractivity contribution in [1.29, 1.82) is 0 Å². The van der Waals surface area contributed by atoms with Gasteiger partial charge < -0.3 is 4.90 Å². The summed E-state index contributed by atoms with van der Waals surface area (Å²) in [5, 5.41) is 1.04. The molecule has 4 aliphatic carbocycles. The van der Waals surface area contributed by atoms with E-state index in [-0.39, 0.29) is 11.5 Å². The molecule has 27 heavy (non-hydrogen) atoms. The maximum absolute atomic E-state index is 13.2. The summed E-state index contributed by atoms with van der Waals surface area (Å²) in [5.41, 5.74) is 1.26. The number of fused-ring (bicyclic) bond motifs is 1. The van der Waals surface area contributed by atoms with E-state index in [1.54, 1.807) is 11.3 Å². The molecular formula is C22H27BrN2OS. The van der Waals surface area contributed by atoms with Crippen LogP contribution in [0, 0.1) is 17.3 Å². The Kier molecular flexibility index (Phi) is 4.21. The molecular weight excluding hydrogens is 420 g/mol. The Balaban J connectivity index is 1.33. The van der Waals surface area contributed by atoms with E-state index in [1.807, 2.05) is 24.1 Å². The minimum absolute atomic E-state index is 0.0294. The van der Waals surface area contributed by atoms with Crippen LogP contribution in [0.1, 0.15) is 62.9 Å². The van der Waals surface area contributed by atoms with Crippen molar-refractivity contribution in [3.8, 4) is 0 Å². The second-order valence-corrected chi connectivity index (χ2v) is 12.2. The molecule has 3 atom stereocenters. The number of hydrogen-bond acceptors (Lipinski definition) is 3. The fourth-order valence-electron chi connectivity index (χ4n) is 6.44. The molecule has 4 aliphatic rings. The van der Waals surface area contributed by atoms with Gasteiger partial charge in [-0.2, -0.15) is 0 Å². The first-order valence-corrected chi connectivity index (χ1v) is 11.8. The van der Waals surface area contributed by atoms with Crippen LogP contribution in [0.2, 0.25) is 0 Å². The highest BCUT2D eigenvalue weighted by Crippen LogP contribution is 2.65. The van der Waals surface area contributed by atoms with Gasteiger partial charge in [0.15, 0.2) is 0 Å². The van der Waals surface area contributed by atoms with E-state index in [1.165, 1.54) is 43.2 Å². The lowest BCUT2D eigenvalue weighted by Gasteiger charge is -2.60. The van der Waals surface area contributed by atoms with Gasteiger partial charge in [-0.25, -0.2) is 4.98 Å². The molecule has 3 nitrogen and oxygen atoms in total. The number of benzene rings is 1. The minimum atomic E-state index is 0.0294. The van der Waals surface area contributed by atoms with Crippen molar-refractivity contribution in [3.05, 3.63) is 29.3 Å². The lowest BCUT2D eigenvalue weighted by Crippen LogP contribution is -2.54. The topological polar surface area (TPSA) is 33.2 Å². The largest absolute Gasteiger partial charge is 0.337 e. The Morgan fingerprint density at radius 3 is 2.67 bits per heavy atom. The van der Waals surface area contributed by atoms with E-state index in [2.05, 4.69) is 35.0 Å². The van der Waals surface area contributed by atoms with Crippen molar-refractivity contribution >= 4 is 43.4 Å². The molecule has 6 rings (SSSR count). The number of rotatable bonds is 4. The molecule has 1 heterocycles. The Bertz CT molecular complexity index is 846. The normalized spacial score (nSPS) is 35.5. The summed E-state index contributed by atoms with van der Waals surface area (Å²) >= 11 is 5.78. The summed E-state index contributed by atoms with van der Waals surface area (Å²) in [6.45, 7) is 2.11. The number of thiazole rings is 1. The summed E-state index contributed by atoms with van der Waals surface area (Å²) < 4.78 is 1.51. The highest BCUT2D eigenvalue weighted by Gasteiger charge is 2.57. The number of carbonyl (C=O) groups excluding carboxylic acids is 1. The zero-order valence-electron chi connectivity index (χ0n) is 16.1. The van der Waals surface area contributed by atoms with Gasteiger partial charge in [-0.15, -0.1) is 11.3 Å². The monoisotopic (exact) mass is 446 g/mol. The van der Waals surface area contributed by atoms with Crippen LogP contribution in [0.5, 0.6) is 0 Å². The molecule has 0 spiro atoms. The van der Waals surface area contributed by atoms with Crippen molar-refractivity contribution in [3.63, 3.8) is 0 Å². The summed E-state index contributed by atoms with van der Waals surface area (Å²) in [6, 6.07) is 8.26. The van der Waals surface area contributed by atoms with Gasteiger partial charge in [-0.3, -0.25) is 4.79 Å². The van der Waals surface area contributed by atoms with Crippen LogP contribution in [-0.4, -0.2) is 27.2 Å². The smallest absolute Gasteiger partial charge is 0.223 e. The highest BCUT2D eigenvalue weighted by molar-refractivity contribution is 9.10. The highest BCUT2D eigenvalue weighted by atomic mass is 79.9. The molecule has 5 heteroatoms. The predicted octanol–water partition coefficient (Wildman–Crippen LogP) is 5.94. The van der Waals surface area contributed by atoms with Crippen molar-refractivity contribution in [2.75, 3.05) is 7.05 Å². The number of amides is 1. The van der Waals surface area contributed by atoms with Gasteiger partial charge in [0.25, 0.3) is 0 Å². The zero-order chi connectivity index (χ0) is 18.8. The van der Waals surface area contributed by atoms with E-state index in [0.29, 0.717) is 16.7 Å². The molecule has 144 valence electrons. The molecule has 2 aromatic rings. The van der Waals surface area contributed by atoms with Gasteiger partial charge in [-0.1, -0.05) is 28.1 Å². The molecule has 3 unspecified atom stereocenters. The number of hydrogen-bond donors (Lipinski definition) is 0. The first-order valence-electron chi connectivity index (χ1n) is 10.1. The third-order valence-electron chi connectivity index (χ3n) is 7.28. The van der Waals surface area contributed by atoms with Crippen LogP contribution >= 0.6 is 27.3 Å². The Morgan fingerprint density at radius 1 is 1.30 bits per heavy atom. The minimum Gasteiger partial charge on any atom is -0.337 e. The number of carbonyl (C=O) groups is 1. The van der Waals surface area contributed by atoms with Crippen LogP contribution in [-0.2, 0) is 4.79 Å². The maximum Gasteiger partial charge on any atom is 0.223 e. The van der Waals surface area contributed by atoms with Crippen molar-refractivity contribution < 1.29 is 4.79 Å². The van der Waals surface area contributed by atoms with E-state index < -0.39 is 0 Å². The van der Waals surface area contributed by atoms with E-state index >= 15 is 0 Å². The Morgan fingerprint density at radius 2 is 2.00 bits per heavy atom. The van der Waals surface area contributed by atoms with Crippen LogP contribution < -0.4 is 0 Å². The third kappa shape index (κ3) is 3.15. The fraction of sp³-hybridized carbons (Fsp3) is 0.636. The molecule has 4 fully saturated rings. The first kappa shape index (κ1) is 18.1. The van der Waals surface area contributed by atoms with Gasteiger partial charge >= 0.3 is 0 Å². The molecule has 1 aromatic heterocycles. The van der Waals surface area contributed by atoms with Gasteiger partial charge in [0, 0.05) is 17.8 Å². The first-order chi connectivity index (χ1) is 12.8. The van der Waals surface area contributed by atoms with E-state index in [9.17, 15) is 4.79 Å². The average Bonchev–Trinajstić information content (AvgIpc) is 3.01. The molecule has 4 bridgehead atoms. The van der Waals surface area contributed by atoms with Gasteiger partial charge in [0.2, 0.25) is 5.91 Å². The molecule has 0 saturated heterocycles. The Labute approximate surface area is 173 Å². The number of aromatic nitrogens is 1. The van der Waals surface area contributed by atoms with Crippen LogP contribution in [0.25, 0.3) is 10.2 Å². The van der Waals surface area contributed by atoms with Crippen molar-refractivity contribution in [2.45, 2.75) is 62.2 Å². The summed E-state index contributed by atoms with van der Waals surface area (Å²) in [4.78, 5) is 20.0. The van der Waals surface area contributed by atoms with Crippen LogP contribution in [0.15, 0.2) is 24.3 Å². The van der Waals surface area contributed by atoms with E-state index in [4.69, 9.17) is 4.98 Å². The lowest BCUT2D eigenvalue weighted by molar-refractivity contribution is -0.139. The van der Waals surface area contributed by atoms with Crippen molar-refractivity contribution in [2.24, 2.45) is 17.3 Å². The number of halogens is 1. The fourth-order valence-corrected chi connectivity index (χ4v) is 9.01. The summed E-state index contributed by atoms with van der Waals surface area (Å²) in [6.07, 6.45) is 8.43. The molecule has 1 amide bonds. The third-order valence-corrected chi connectivity index (χ3v) is 9.41. The quantitative estimate of drug-likeness (QED) is 0.544. The molecule has 4 saturated carbocycles. The lowest BCUT2D eigenvalue weighted by atomic mass is 9.48. The molecule has 0 aliphatic heterocycles. The van der Waals surface area contributed by atoms with Gasteiger partial charge in [0.1, 0.15) is 5.01 Å². The zero-order valence-corrected chi connectivity index (χ0v) is 18.5. The summed E-state index contributed by atoms with van der Waals surface area (Å²) in [5.74, 6) is 1.94. The standard InChI is InChI=1S/C22H27BrN2OS/c1-14(20-24-17-5-3-4-6-18(17)27-20)25(2)19(26)12-21-8-15-7-16(9-21)11-22(23,10-15)13-21/h3-6,14-16H,7-13H2,1-2H3. The number of para-hydroxylation sites is 1. The average molecular weight is 447 g/mol. The van der Waals surface area contributed by atoms with E-state index in [0.717, 1.165) is 22.4 Å². The summed E-state index contributed by atoms with van der Waals surface area (Å²) in [7, 11) is 1.96. The van der Waals surface area contributed by atoms with Crippen molar-refractivity contribution in [1.82, 2.24) is 9.88 Å². The molecule has 0 N–H and O–H groups in total. The second-order valence-electron chi connectivity index (χ2n) is 9.49. The van der Waals surface area contributed by atoms with Gasteiger partial charge in [0.05, 0.1) is 16.3 Å². The molecule has 0 radical (unpaired) electrons. The number of nitrogens with zero attached hydrogens (tertiary/aromatic N) is 2. The SMILES string of the molecule is CC(c1nc2ccccc2s1)N(C)C(=O)CC12CC3CC(CC(Br)(C3)C1)C2. The van der Waals surface area contributed by atoms with Crippen LogP contribution in [0.3, 0.4) is 0 Å². The van der Waals surface area contributed by atoms with Gasteiger partial charge in [-0.05, 0) is 74.8 Å².